The van der Waals surface area contributed by atoms with Crippen LogP contribution in [0.5, 0.6) is 0 Å². The highest BCUT2D eigenvalue weighted by molar-refractivity contribution is 5.76. The molecule has 9 heteroatoms. The predicted molar refractivity (Wildman–Crippen MR) is 109 cm³/mol. The first-order valence-corrected chi connectivity index (χ1v) is 9.03. The smallest absolute Gasteiger partial charge is 0.327 e. The topological polar surface area (TPSA) is 103 Å². The first-order chi connectivity index (χ1) is 14.1. The molecule has 29 heavy (non-hydrogen) atoms. The summed E-state index contributed by atoms with van der Waals surface area (Å²) < 4.78 is 3.11. The zero-order valence-corrected chi connectivity index (χ0v) is 16.1. The molecule has 146 valence electrons. The molecule has 1 aromatic carbocycles. The van der Waals surface area contributed by atoms with Crippen LogP contribution < -0.4 is 10.6 Å². The predicted octanol–water partition coefficient (Wildman–Crippen LogP) is 2.88. The number of nitrogens with one attached hydrogen (secondary N) is 2. The lowest BCUT2D eigenvalue weighted by Gasteiger charge is -2.11. The number of carbonyl (C=O) groups is 1. The maximum atomic E-state index is 12.0. The Bertz CT molecular complexity index is 1130. The Hall–Kier alpha value is -4.01. The van der Waals surface area contributed by atoms with Crippen molar-refractivity contribution < 1.29 is 4.79 Å². The van der Waals surface area contributed by atoms with Gasteiger partial charge in [0, 0.05) is 43.9 Å². The average molecular weight is 388 g/mol. The van der Waals surface area contributed by atoms with Crippen LogP contribution >= 0.6 is 0 Å². The third-order valence-electron chi connectivity index (χ3n) is 4.42. The van der Waals surface area contributed by atoms with E-state index < -0.39 is 0 Å². The Kier molecular flexibility index (Phi) is 5.02. The molecule has 0 fully saturated rings. The molecule has 0 bridgehead atoms. The fourth-order valence-corrected chi connectivity index (χ4v) is 2.89. The number of rotatable bonds is 5. The molecule has 0 spiro atoms. The maximum Gasteiger partial charge on any atom is 0.327 e. The van der Waals surface area contributed by atoms with Crippen molar-refractivity contribution >= 4 is 17.7 Å². The number of amides is 1. The monoisotopic (exact) mass is 388 g/mol. The van der Waals surface area contributed by atoms with Crippen LogP contribution in [0.4, 0.5) is 16.4 Å². The van der Waals surface area contributed by atoms with Gasteiger partial charge in [0.1, 0.15) is 6.33 Å². The number of carbonyl (C=O) groups excluding carboxylic acids is 1. The summed E-state index contributed by atoms with van der Waals surface area (Å²) in [5.41, 5.74) is 4.70. The van der Waals surface area contributed by atoms with Crippen LogP contribution in [0.1, 0.15) is 11.1 Å². The van der Waals surface area contributed by atoms with Crippen molar-refractivity contribution in [1.29, 1.82) is 0 Å². The fourth-order valence-electron chi connectivity index (χ4n) is 2.89. The van der Waals surface area contributed by atoms with Gasteiger partial charge in [-0.25, -0.2) is 19.7 Å². The second-order valence-corrected chi connectivity index (χ2v) is 6.56. The van der Waals surface area contributed by atoms with Gasteiger partial charge in [-0.1, -0.05) is 12.1 Å². The zero-order chi connectivity index (χ0) is 20.2. The highest BCUT2D eigenvalue weighted by atomic mass is 16.2. The minimum Gasteiger partial charge on any atom is -0.333 e. The van der Waals surface area contributed by atoms with E-state index in [1.807, 2.05) is 38.4 Å². The van der Waals surface area contributed by atoms with Crippen molar-refractivity contribution in [2.45, 2.75) is 13.5 Å². The van der Waals surface area contributed by atoms with E-state index in [4.69, 9.17) is 0 Å². The van der Waals surface area contributed by atoms with Crippen molar-refractivity contribution in [1.82, 2.24) is 34.6 Å². The molecule has 0 atom stereocenters. The summed E-state index contributed by atoms with van der Waals surface area (Å²) in [6, 6.07) is 7.68. The zero-order valence-electron chi connectivity index (χ0n) is 16.1. The quantitative estimate of drug-likeness (QED) is 0.545. The molecule has 2 N–H and O–H groups in total. The van der Waals surface area contributed by atoms with Crippen molar-refractivity contribution in [2.24, 2.45) is 7.05 Å². The van der Waals surface area contributed by atoms with Crippen molar-refractivity contribution in [3.8, 4) is 11.3 Å². The average Bonchev–Trinajstić information content (AvgIpc) is 3.39. The lowest BCUT2D eigenvalue weighted by atomic mass is 10.0. The highest BCUT2D eigenvalue weighted by Crippen LogP contribution is 2.22. The number of anilines is 2. The number of benzene rings is 1. The van der Waals surface area contributed by atoms with Gasteiger partial charge in [-0.2, -0.15) is 5.10 Å². The van der Waals surface area contributed by atoms with E-state index in [1.54, 1.807) is 29.5 Å². The van der Waals surface area contributed by atoms with Crippen LogP contribution in [0, 0.1) is 6.92 Å². The third-order valence-corrected chi connectivity index (χ3v) is 4.42. The molecule has 0 radical (unpaired) electrons. The van der Waals surface area contributed by atoms with Gasteiger partial charge in [0.25, 0.3) is 0 Å². The van der Waals surface area contributed by atoms with Crippen LogP contribution in [0.15, 0.2) is 61.6 Å². The standard InChI is InChI=1S/C20H20N8O/c1-14-9-15(3-4-16(14)10-23-20(29)28-8-7-21-13-28)18-5-6-22-19(26-18)25-17-11-24-27(2)12-17/h3-9,11-13H,10H2,1-2H3,(H,23,29)(H,22,25,26). The lowest BCUT2D eigenvalue weighted by molar-refractivity contribution is 0.242. The molecule has 0 saturated heterocycles. The molecule has 4 rings (SSSR count). The molecule has 3 aromatic heterocycles. The van der Waals surface area contributed by atoms with E-state index in [1.165, 1.54) is 10.9 Å². The Morgan fingerprint density at radius 2 is 2.10 bits per heavy atom. The molecule has 0 unspecified atom stereocenters. The van der Waals surface area contributed by atoms with Crippen LogP contribution in [-0.2, 0) is 13.6 Å². The second-order valence-electron chi connectivity index (χ2n) is 6.56. The minimum atomic E-state index is -0.215. The molecule has 4 aromatic rings. The van der Waals surface area contributed by atoms with Gasteiger partial charge in [-0.15, -0.1) is 0 Å². The number of hydrogen-bond acceptors (Lipinski definition) is 6. The molecule has 0 aliphatic carbocycles. The van der Waals surface area contributed by atoms with Gasteiger partial charge in [0.15, 0.2) is 0 Å². The number of aromatic nitrogens is 6. The summed E-state index contributed by atoms with van der Waals surface area (Å²) in [6.45, 7) is 2.44. The Balaban J connectivity index is 1.47. The van der Waals surface area contributed by atoms with Crippen LogP contribution in [0.2, 0.25) is 0 Å². The first-order valence-electron chi connectivity index (χ1n) is 9.03. The lowest BCUT2D eigenvalue weighted by Crippen LogP contribution is -2.27. The van der Waals surface area contributed by atoms with Gasteiger partial charge >= 0.3 is 6.03 Å². The third kappa shape index (κ3) is 4.29. The van der Waals surface area contributed by atoms with E-state index in [-0.39, 0.29) is 6.03 Å². The SMILES string of the molecule is Cc1cc(-c2ccnc(Nc3cnn(C)c3)n2)ccc1CNC(=O)n1ccnc1. The number of nitrogens with zero attached hydrogens (tertiary/aromatic N) is 6. The van der Waals surface area contributed by atoms with Crippen molar-refractivity contribution in [2.75, 3.05) is 5.32 Å². The molecule has 3 heterocycles. The van der Waals surface area contributed by atoms with Gasteiger partial charge in [0.05, 0.1) is 17.6 Å². The number of imidazole rings is 1. The first kappa shape index (κ1) is 18.4. The summed E-state index contributed by atoms with van der Waals surface area (Å²) in [7, 11) is 1.85. The number of aryl methyl sites for hydroxylation is 2. The fraction of sp³-hybridized carbons (Fsp3) is 0.150. The van der Waals surface area contributed by atoms with Crippen LogP contribution in [0.3, 0.4) is 0 Å². The van der Waals surface area contributed by atoms with Gasteiger partial charge < -0.3 is 10.6 Å². The highest BCUT2D eigenvalue weighted by Gasteiger charge is 2.08. The van der Waals surface area contributed by atoms with Crippen molar-refractivity contribution in [3.05, 3.63) is 72.7 Å². The van der Waals surface area contributed by atoms with Crippen molar-refractivity contribution in [3.63, 3.8) is 0 Å². The normalized spacial score (nSPS) is 10.7. The molecule has 0 aliphatic heterocycles. The largest absolute Gasteiger partial charge is 0.333 e. The molecular formula is C20H20N8O. The van der Waals surface area contributed by atoms with E-state index >= 15 is 0 Å². The van der Waals surface area contributed by atoms with E-state index in [2.05, 4.69) is 36.8 Å². The van der Waals surface area contributed by atoms with E-state index in [0.717, 1.165) is 28.1 Å². The van der Waals surface area contributed by atoms with Gasteiger partial charge in [0.2, 0.25) is 5.95 Å². The molecule has 0 saturated carbocycles. The van der Waals surface area contributed by atoms with Gasteiger partial charge in [-0.3, -0.25) is 9.25 Å². The van der Waals surface area contributed by atoms with Crippen LogP contribution in [0.25, 0.3) is 11.3 Å². The number of hydrogen-bond donors (Lipinski definition) is 2. The second kappa shape index (κ2) is 7.93. The van der Waals surface area contributed by atoms with E-state index in [0.29, 0.717) is 12.5 Å². The molecular weight excluding hydrogens is 368 g/mol. The Labute approximate surface area is 167 Å². The summed E-state index contributed by atoms with van der Waals surface area (Å²) >= 11 is 0. The maximum absolute atomic E-state index is 12.0. The summed E-state index contributed by atoms with van der Waals surface area (Å²) in [4.78, 5) is 24.8. The summed E-state index contributed by atoms with van der Waals surface area (Å²) in [5, 5.41) is 10.2. The van der Waals surface area contributed by atoms with Gasteiger partial charge in [-0.05, 0) is 30.2 Å². The Morgan fingerprint density at radius 1 is 1.21 bits per heavy atom. The molecule has 1 amide bonds. The summed E-state index contributed by atoms with van der Waals surface area (Å²) in [5.74, 6) is 0.504. The molecule has 0 aliphatic rings. The Morgan fingerprint density at radius 3 is 2.83 bits per heavy atom. The summed E-state index contributed by atoms with van der Waals surface area (Å²) in [6.07, 6.45) is 9.93. The van der Waals surface area contributed by atoms with Crippen LogP contribution in [-0.4, -0.2) is 35.3 Å². The minimum absolute atomic E-state index is 0.215. The van der Waals surface area contributed by atoms with E-state index in [9.17, 15) is 4.79 Å². The molecule has 9 nitrogen and oxygen atoms in total.